The molecular formula is C29H29ClFN9O3. The molecule has 1 amide bonds. The third kappa shape index (κ3) is 6.07. The van der Waals surface area contributed by atoms with Crippen LogP contribution in [-0.2, 0) is 11.8 Å². The maximum Gasteiger partial charge on any atom is 0.410 e. The van der Waals surface area contributed by atoms with Crippen LogP contribution in [0.25, 0.3) is 22.1 Å². The number of rotatable bonds is 5. The predicted octanol–water partition coefficient (Wildman–Crippen LogP) is 5.69. The third-order valence-electron chi connectivity index (χ3n) is 6.76. The zero-order valence-electron chi connectivity index (χ0n) is 24.0. The molecule has 0 atom stereocenters. The van der Waals surface area contributed by atoms with Crippen molar-refractivity contribution < 1.29 is 18.7 Å². The average molecular weight is 606 g/mol. The highest BCUT2D eigenvalue weighted by Gasteiger charge is 2.27. The van der Waals surface area contributed by atoms with Crippen molar-refractivity contribution in [2.45, 2.75) is 26.4 Å². The van der Waals surface area contributed by atoms with Gasteiger partial charge in [-0.3, -0.25) is 0 Å². The van der Waals surface area contributed by atoms with Crippen molar-refractivity contribution in [3.05, 3.63) is 60.0 Å². The third-order valence-corrected chi connectivity index (χ3v) is 7.04. The molecular weight excluding hydrogens is 577 g/mol. The van der Waals surface area contributed by atoms with Gasteiger partial charge in [0.25, 0.3) is 0 Å². The van der Waals surface area contributed by atoms with E-state index in [1.54, 1.807) is 35.6 Å². The highest BCUT2D eigenvalue weighted by molar-refractivity contribution is 6.32. The lowest BCUT2D eigenvalue weighted by Crippen LogP contribution is -2.50. The van der Waals surface area contributed by atoms with Gasteiger partial charge in [-0.25, -0.2) is 34.1 Å². The van der Waals surface area contributed by atoms with Gasteiger partial charge in [0.2, 0.25) is 5.95 Å². The zero-order chi connectivity index (χ0) is 30.3. The van der Waals surface area contributed by atoms with Crippen LogP contribution >= 0.6 is 11.6 Å². The minimum absolute atomic E-state index is 0.0696. The Labute approximate surface area is 251 Å². The Bertz CT molecular complexity index is 1810. The summed E-state index contributed by atoms with van der Waals surface area (Å²) in [5.74, 6) is 0.460. The molecule has 1 aliphatic heterocycles. The molecule has 3 aromatic heterocycles. The lowest BCUT2D eigenvalue weighted by Gasteiger charge is -2.35. The van der Waals surface area contributed by atoms with E-state index >= 15 is 4.39 Å². The van der Waals surface area contributed by atoms with Crippen molar-refractivity contribution in [1.29, 1.82) is 0 Å². The zero-order valence-corrected chi connectivity index (χ0v) is 24.8. The minimum atomic E-state index is -0.660. The van der Waals surface area contributed by atoms with Gasteiger partial charge in [-0.15, -0.1) is 0 Å². The number of hydrogen-bond acceptors (Lipinski definition) is 10. The summed E-state index contributed by atoms with van der Waals surface area (Å²) in [7, 11) is 1.89. The molecule has 6 rings (SSSR count). The number of aromatic nitrogens is 6. The number of halogens is 2. The summed E-state index contributed by atoms with van der Waals surface area (Å²) in [6, 6.07) is 8.11. The van der Waals surface area contributed by atoms with E-state index in [1.165, 1.54) is 12.4 Å². The number of piperazine rings is 1. The van der Waals surface area contributed by atoms with E-state index in [1.807, 2.05) is 43.4 Å². The summed E-state index contributed by atoms with van der Waals surface area (Å²) in [5.41, 5.74) is 2.38. The fourth-order valence-corrected chi connectivity index (χ4v) is 4.91. The number of benzene rings is 2. The van der Waals surface area contributed by atoms with Gasteiger partial charge < -0.3 is 29.2 Å². The quantitative estimate of drug-likeness (QED) is 0.267. The van der Waals surface area contributed by atoms with E-state index in [0.717, 1.165) is 11.0 Å². The normalized spacial score (nSPS) is 13.9. The van der Waals surface area contributed by atoms with Crippen LogP contribution in [-0.4, -0.2) is 72.3 Å². The molecule has 0 spiro atoms. The van der Waals surface area contributed by atoms with Crippen LogP contribution in [0.5, 0.6) is 11.5 Å². The van der Waals surface area contributed by atoms with Gasteiger partial charge in [0.1, 0.15) is 28.7 Å². The van der Waals surface area contributed by atoms with Gasteiger partial charge in [-0.05, 0) is 39.0 Å². The predicted molar refractivity (Wildman–Crippen MR) is 161 cm³/mol. The Morgan fingerprint density at radius 2 is 1.81 bits per heavy atom. The van der Waals surface area contributed by atoms with Gasteiger partial charge in [-0.2, -0.15) is 0 Å². The summed E-state index contributed by atoms with van der Waals surface area (Å²) in [6.07, 6.45) is 4.33. The maximum atomic E-state index is 15.2. The molecule has 0 radical (unpaired) electrons. The number of ether oxygens (including phenoxy) is 2. The van der Waals surface area contributed by atoms with E-state index in [4.69, 9.17) is 26.1 Å². The second-order valence-electron chi connectivity index (χ2n) is 11.1. The molecule has 1 aliphatic rings. The summed E-state index contributed by atoms with van der Waals surface area (Å²) in [6.45, 7) is 7.50. The van der Waals surface area contributed by atoms with E-state index in [9.17, 15) is 4.79 Å². The molecule has 0 unspecified atom stereocenters. The first-order valence-electron chi connectivity index (χ1n) is 13.6. The molecule has 1 N–H and O–H groups in total. The van der Waals surface area contributed by atoms with E-state index in [0.29, 0.717) is 60.4 Å². The Balaban J connectivity index is 1.19. The molecule has 222 valence electrons. The van der Waals surface area contributed by atoms with Crippen molar-refractivity contribution in [3.8, 4) is 11.5 Å². The number of amides is 1. The lowest BCUT2D eigenvalue weighted by atomic mass is 10.2. The fraction of sp³-hybridized carbons (Fsp3) is 0.310. The van der Waals surface area contributed by atoms with Crippen LogP contribution in [0.4, 0.5) is 26.6 Å². The van der Waals surface area contributed by atoms with Crippen LogP contribution in [0.1, 0.15) is 20.8 Å². The van der Waals surface area contributed by atoms with Gasteiger partial charge in [0.15, 0.2) is 17.4 Å². The van der Waals surface area contributed by atoms with Gasteiger partial charge in [-0.1, -0.05) is 11.6 Å². The minimum Gasteiger partial charge on any atom is -0.453 e. The monoisotopic (exact) mass is 605 g/mol. The highest BCUT2D eigenvalue weighted by atomic mass is 35.5. The molecule has 2 aromatic carbocycles. The molecule has 0 saturated carbocycles. The maximum absolute atomic E-state index is 15.2. The molecule has 5 aromatic rings. The molecule has 43 heavy (non-hydrogen) atoms. The number of anilines is 3. The van der Waals surface area contributed by atoms with Crippen LogP contribution in [0.2, 0.25) is 5.02 Å². The Morgan fingerprint density at radius 1 is 1.02 bits per heavy atom. The number of hydrogen-bond donors (Lipinski definition) is 1. The molecule has 4 heterocycles. The Kier molecular flexibility index (Phi) is 7.34. The molecule has 0 bridgehead atoms. The number of imidazole rings is 1. The van der Waals surface area contributed by atoms with Gasteiger partial charge in [0, 0.05) is 51.0 Å². The van der Waals surface area contributed by atoms with Crippen molar-refractivity contribution in [1.82, 2.24) is 34.4 Å². The first-order chi connectivity index (χ1) is 20.5. The second kappa shape index (κ2) is 11.1. The topological polar surface area (TPSA) is 123 Å². The second-order valence-corrected chi connectivity index (χ2v) is 11.5. The number of carbonyl (C=O) groups is 1. The first-order valence-corrected chi connectivity index (χ1v) is 14.0. The number of fused-ring (bicyclic) bond motifs is 2. The largest absolute Gasteiger partial charge is 0.453 e. The van der Waals surface area contributed by atoms with Crippen LogP contribution in [0, 0.1) is 5.82 Å². The fourth-order valence-electron chi connectivity index (χ4n) is 4.67. The number of nitrogens with one attached hydrogen (secondary N) is 1. The van der Waals surface area contributed by atoms with E-state index in [2.05, 4.69) is 25.3 Å². The van der Waals surface area contributed by atoms with Crippen molar-refractivity contribution in [2.75, 3.05) is 36.4 Å². The average Bonchev–Trinajstić information content (AvgIpc) is 3.34. The number of nitrogens with zero attached hydrogens (tertiary/aromatic N) is 8. The Morgan fingerprint density at radius 3 is 2.56 bits per heavy atom. The SMILES string of the molecule is Cn1cnc2cc(Oc3c(F)cc(Nc4ncnc5cnc(N6CCN(C(=O)OC(C)(C)C)CC6)nc45)cc3Cl)ccc21. The number of carbonyl (C=O) groups excluding carboxylic acids is 1. The molecule has 12 nitrogen and oxygen atoms in total. The lowest BCUT2D eigenvalue weighted by molar-refractivity contribution is 0.0240. The van der Waals surface area contributed by atoms with Gasteiger partial charge in [0.05, 0.1) is 28.6 Å². The summed E-state index contributed by atoms with van der Waals surface area (Å²) in [4.78, 5) is 38.2. The van der Waals surface area contributed by atoms with Crippen molar-refractivity contribution in [2.24, 2.45) is 7.05 Å². The summed E-state index contributed by atoms with van der Waals surface area (Å²) in [5, 5.41) is 3.17. The molecule has 14 heteroatoms. The first kappa shape index (κ1) is 28.3. The van der Waals surface area contributed by atoms with E-state index < -0.39 is 11.4 Å². The van der Waals surface area contributed by atoms with Crippen LogP contribution in [0.15, 0.2) is 49.2 Å². The summed E-state index contributed by atoms with van der Waals surface area (Å²) < 4.78 is 28.4. The van der Waals surface area contributed by atoms with E-state index in [-0.39, 0.29) is 16.9 Å². The van der Waals surface area contributed by atoms with Gasteiger partial charge >= 0.3 is 6.09 Å². The van der Waals surface area contributed by atoms with Crippen LogP contribution < -0.4 is 15.0 Å². The molecule has 1 fully saturated rings. The smallest absolute Gasteiger partial charge is 0.410 e. The summed E-state index contributed by atoms with van der Waals surface area (Å²) >= 11 is 6.46. The van der Waals surface area contributed by atoms with Crippen LogP contribution in [0.3, 0.4) is 0 Å². The van der Waals surface area contributed by atoms with Crippen molar-refractivity contribution >= 4 is 57.2 Å². The molecule has 1 saturated heterocycles. The highest BCUT2D eigenvalue weighted by Crippen LogP contribution is 2.36. The standard InChI is InChI=1S/C29H29ClFN9O3/c1-29(2,3)43-28(41)40-9-7-39(8-10-40)27-32-14-22-24(37-27)26(34-15-33-22)36-17-11-19(30)25(20(31)12-17)42-18-5-6-23-21(13-18)35-16-38(23)4/h5-6,11-16H,7-10H2,1-4H3,(H,33,34,36). The van der Waals surface area contributed by atoms with Crippen molar-refractivity contribution in [3.63, 3.8) is 0 Å². The number of aryl methyl sites for hydroxylation is 1. The molecule has 0 aliphatic carbocycles. The Hall–Kier alpha value is -4.78.